The fourth-order valence-corrected chi connectivity index (χ4v) is 2.63. The van der Waals surface area contributed by atoms with Gasteiger partial charge in [-0.1, -0.05) is 6.07 Å². The SMILES string of the molecule is Cc1ccc(C(=O)CC(=O)C2CC2)c(N(C)S(C)(=O)=O)c1. The molecule has 0 spiro atoms. The maximum atomic E-state index is 12.3. The highest BCUT2D eigenvalue weighted by atomic mass is 32.2. The summed E-state index contributed by atoms with van der Waals surface area (Å²) >= 11 is 0. The third-order valence-electron chi connectivity index (χ3n) is 3.66. The highest BCUT2D eigenvalue weighted by Crippen LogP contribution is 2.32. The second kappa shape index (κ2) is 5.60. The van der Waals surface area contributed by atoms with Crippen molar-refractivity contribution in [2.75, 3.05) is 17.6 Å². The summed E-state index contributed by atoms with van der Waals surface area (Å²) in [4.78, 5) is 24.1. The topological polar surface area (TPSA) is 71.5 Å². The van der Waals surface area contributed by atoms with E-state index in [1.165, 1.54) is 7.05 Å². The summed E-state index contributed by atoms with van der Waals surface area (Å²) < 4.78 is 24.5. The van der Waals surface area contributed by atoms with Gasteiger partial charge in [-0.25, -0.2) is 8.42 Å². The van der Waals surface area contributed by atoms with Crippen LogP contribution in [0.25, 0.3) is 0 Å². The number of anilines is 1. The molecule has 0 saturated heterocycles. The third-order valence-corrected chi connectivity index (χ3v) is 4.85. The molecule has 1 aliphatic carbocycles. The van der Waals surface area contributed by atoms with E-state index >= 15 is 0 Å². The number of sulfonamides is 1. The summed E-state index contributed by atoms with van der Waals surface area (Å²) in [5.74, 6) is -0.346. The van der Waals surface area contributed by atoms with E-state index in [4.69, 9.17) is 0 Å². The van der Waals surface area contributed by atoms with Gasteiger partial charge < -0.3 is 0 Å². The molecule has 0 radical (unpaired) electrons. The summed E-state index contributed by atoms with van der Waals surface area (Å²) in [5, 5.41) is 0. The van der Waals surface area contributed by atoms with E-state index in [-0.39, 0.29) is 29.5 Å². The zero-order valence-electron chi connectivity index (χ0n) is 12.4. The lowest BCUT2D eigenvalue weighted by molar-refractivity contribution is -0.119. The van der Waals surface area contributed by atoms with Crippen molar-refractivity contribution in [1.82, 2.24) is 0 Å². The summed E-state index contributed by atoms with van der Waals surface area (Å²) in [6, 6.07) is 4.99. The van der Waals surface area contributed by atoms with Gasteiger partial charge in [-0.05, 0) is 37.5 Å². The van der Waals surface area contributed by atoms with Crippen LogP contribution in [0.15, 0.2) is 18.2 Å². The highest BCUT2D eigenvalue weighted by Gasteiger charge is 2.31. The van der Waals surface area contributed by atoms with Gasteiger partial charge in [-0.2, -0.15) is 0 Å². The van der Waals surface area contributed by atoms with Gasteiger partial charge in [0.05, 0.1) is 18.4 Å². The van der Waals surface area contributed by atoms with Crippen molar-refractivity contribution in [2.45, 2.75) is 26.2 Å². The molecule has 1 aliphatic rings. The van der Waals surface area contributed by atoms with Crippen LogP contribution < -0.4 is 4.31 Å². The Morgan fingerprint density at radius 1 is 1.29 bits per heavy atom. The van der Waals surface area contributed by atoms with Crippen molar-refractivity contribution in [3.05, 3.63) is 29.3 Å². The van der Waals surface area contributed by atoms with E-state index in [1.54, 1.807) is 18.2 Å². The predicted octanol–water partition coefficient (Wildman–Crippen LogP) is 1.94. The fourth-order valence-electron chi connectivity index (χ4n) is 2.12. The molecule has 1 aromatic rings. The van der Waals surface area contributed by atoms with E-state index in [0.29, 0.717) is 5.69 Å². The molecule has 0 amide bonds. The molecule has 1 aromatic carbocycles. The zero-order valence-corrected chi connectivity index (χ0v) is 13.2. The molecule has 0 atom stereocenters. The van der Waals surface area contributed by atoms with Crippen LogP contribution in [0.4, 0.5) is 5.69 Å². The average molecular weight is 309 g/mol. The summed E-state index contributed by atoms with van der Waals surface area (Å²) in [6.45, 7) is 1.82. The number of ketones is 2. The molecule has 5 nitrogen and oxygen atoms in total. The van der Waals surface area contributed by atoms with Crippen LogP contribution in [0.3, 0.4) is 0 Å². The molecule has 114 valence electrons. The van der Waals surface area contributed by atoms with Gasteiger partial charge in [0.15, 0.2) is 5.78 Å². The van der Waals surface area contributed by atoms with Crippen molar-refractivity contribution < 1.29 is 18.0 Å². The number of rotatable bonds is 6. The lowest BCUT2D eigenvalue weighted by atomic mass is 10.0. The first-order valence-electron chi connectivity index (χ1n) is 6.80. The molecule has 0 aliphatic heterocycles. The number of carbonyl (C=O) groups excluding carboxylic acids is 2. The van der Waals surface area contributed by atoms with Crippen LogP contribution in [-0.4, -0.2) is 33.3 Å². The van der Waals surface area contributed by atoms with Gasteiger partial charge in [-0.3, -0.25) is 13.9 Å². The van der Waals surface area contributed by atoms with Crippen molar-refractivity contribution in [3.8, 4) is 0 Å². The van der Waals surface area contributed by atoms with E-state index in [9.17, 15) is 18.0 Å². The molecular formula is C15H19NO4S. The second-order valence-corrected chi connectivity index (χ2v) is 7.61. The molecule has 21 heavy (non-hydrogen) atoms. The van der Waals surface area contributed by atoms with Gasteiger partial charge in [0.1, 0.15) is 5.78 Å². The molecule has 0 unspecified atom stereocenters. The average Bonchev–Trinajstić information content (AvgIpc) is 3.20. The third kappa shape index (κ3) is 3.69. The van der Waals surface area contributed by atoms with Crippen molar-refractivity contribution in [1.29, 1.82) is 0 Å². The lowest BCUT2D eigenvalue weighted by Gasteiger charge is -2.20. The van der Waals surface area contributed by atoms with Gasteiger partial charge in [-0.15, -0.1) is 0 Å². The summed E-state index contributed by atoms with van der Waals surface area (Å²) in [7, 11) is -2.06. The largest absolute Gasteiger partial charge is 0.299 e. The first-order chi connectivity index (χ1) is 9.70. The quantitative estimate of drug-likeness (QED) is 0.595. The smallest absolute Gasteiger partial charge is 0.232 e. The van der Waals surface area contributed by atoms with Crippen molar-refractivity contribution >= 4 is 27.3 Å². The monoisotopic (exact) mass is 309 g/mol. The fraction of sp³-hybridized carbons (Fsp3) is 0.467. The predicted molar refractivity (Wildman–Crippen MR) is 81.1 cm³/mol. The standard InChI is InChI=1S/C15H19NO4S/c1-10-4-7-12(13(8-10)16(2)21(3,19)20)15(18)9-14(17)11-5-6-11/h4,7-8,11H,5-6,9H2,1-3H3. The van der Waals surface area contributed by atoms with Crippen molar-refractivity contribution in [3.63, 3.8) is 0 Å². The zero-order chi connectivity index (χ0) is 15.8. The second-order valence-electron chi connectivity index (χ2n) is 5.59. The summed E-state index contributed by atoms with van der Waals surface area (Å²) in [5.41, 5.74) is 1.46. The molecule has 0 N–H and O–H groups in total. The first kappa shape index (κ1) is 15.7. The number of benzene rings is 1. The molecule has 0 heterocycles. The molecule has 0 aromatic heterocycles. The minimum Gasteiger partial charge on any atom is -0.299 e. The Balaban J connectivity index is 2.34. The van der Waals surface area contributed by atoms with Gasteiger partial charge in [0, 0.05) is 18.5 Å². The summed E-state index contributed by atoms with van der Waals surface area (Å²) in [6.07, 6.45) is 2.64. The number of nitrogens with zero attached hydrogens (tertiary/aromatic N) is 1. The van der Waals surface area contributed by atoms with E-state index < -0.39 is 10.0 Å². The number of hydrogen-bond donors (Lipinski definition) is 0. The Labute approximate surface area is 125 Å². The van der Waals surface area contributed by atoms with Crippen LogP contribution in [0.1, 0.15) is 35.2 Å². The van der Waals surface area contributed by atoms with E-state index in [2.05, 4.69) is 0 Å². The van der Waals surface area contributed by atoms with Crippen LogP contribution in [0.5, 0.6) is 0 Å². The van der Waals surface area contributed by atoms with Crippen LogP contribution in [-0.2, 0) is 14.8 Å². The molecule has 0 bridgehead atoms. The Morgan fingerprint density at radius 3 is 2.43 bits per heavy atom. The van der Waals surface area contributed by atoms with Gasteiger partial charge in [0.2, 0.25) is 10.0 Å². The Morgan fingerprint density at radius 2 is 1.90 bits per heavy atom. The highest BCUT2D eigenvalue weighted by molar-refractivity contribution is 7.92. The van der Waals surface area contributed by atoms with Crippen LogP contribution >= 0.6 is 0 Å². The van der Waals surface area contributed by atoms with Gasteiger partial charge in [0.25, 0.3) is 0 Å². The number of aryl methyl sites for hydroxylation is 1. The first-order valence-corrected chi connectivity index (χ1v) is 8.65. The van der Waals surface area contributed by atoms with Crippen LogP contribution in [0, 0.1) is 12.8 Å². The number of carbonyl (C=O) groups is 2. The lowest BCUT2D eigenvalue weighted by Crippen LogP contribution is -2.27. The number of Topliss-reactive ketones (excluding diaryl/α,β-unsaturated/α-hetero) is 2. The maximum Gasteiger partial charge on any atom is 0.232 e. The molecule has 1 saturated carbocycles. The van der Waals surface area contributed by atoms with Crippen molar-refractivity contribution in [2.24, 2.45) is 5.92 Å². The Bertz CT molecular complexity index is 690. The van der Waals surface area contributed by atoms with Gasteiger partial charge >= 0.3 is 0 Å². The Kier molecular flexibility index (Phi) is 4.18. The van der Waals surface area contributed by atoms with E-state index in [1.807, 2.05) is 6.92 Å². The van der Waals surface area contributed by atoms with E-state index in [0.717, 1.165) is 29.0 Å². The minimum atomic E-state index is -3.46. The Hall–Kier alpha value is -1.69. The normalized spacial score (nSPS) is 14.8. The maximum absolute atomic E-state index is 12.3. The number of hydrogen-bond acceptors (Lipinski definition) is 4. The molecular weight excluding hydrogens is 290 g/mol. The minimum absolute atomic E-state index is 0.0236. The molecule has 1 fully saturated rings. The molecule has 6 heteroatoms. The van der Waals surface area contributed by atoms with Crippen LogP contribution in [0.2, 0.25) is 0 Å². The molecule has 2 rings (SSSR count).